The van der Waals surface area contributed by atoms with Crippen LogP contribution in [0, 0.1) is 0 Å². The molecule has 0 spiro atoms. The third kappa shape index (κ3) is 1.96. The van der Waals surface area contributed by atoms with Gasteiger partial charge in [0.15, 0.2) is 0 Å². The Labute approximate surface area is 119 Å². The zero-order chi connectivity index (χ0) is 12.9. The number of rotatable bonds is 1. The molecular weight excluding hydrogens is 252 g/mol. The average molecular weight is 272 g/mol. The normalized spacial score (nSPS) is 36.3. The van der Waals surface area contributed by atoms with Gasteiger partial charge in [0.25, 0.3) is 0 Å². The van der Waals surface area contributed by atoms with Crippen LogP contribution >= 0.6 is 11.8 Å². The van der Waals surface area contributed by atoms with Crippen molar-refractivity contribution in [1.29, 1.82) is 0 Å². The van der Waals surface area contributed by atoms with E-state index >= 15 is 0 Å². The van der Waals surface area contributed by atoms with Gasteiger partial charge in [0.2, 0.25) is 0 Å². The van der Waals surface area contributed by atoms with Gasteiger partial charge in [-0.15, -0.1) is 0 Å². The van der Waals surface area contributed by atoms with Crippen molar-refractivity contribution in [2.24, 2.45) is 0 Å². The number of hydrogen-bond acceptors (Lipinski definition) is 2. The number of thioether (sulfide) groups is 1. The monoisotopic (exact) mass is 272 g/mol. The van der Waals surface area contributed by atoms with Gasteiger partial charge in [0.05, 0.1) is 5.60 Å². The molecule has 2 heterocycles. The first-order valence-electron chi connectivity index (χ1n) is 7.41. The van der Waals surface area contributed by atoms with Crippen molar-refractivity contribution in [3.63, 3.8) is 0 Å². The smallest absolute Gasteiger partial charge is 0.0920 e. The second-order valence-electron chi connectivity index (χ2n) is 6.23. The fraction of sp³-hybridized carbons (Fsp3) is 0.529. The van der Waals surface area contributed by atoms with Crippen molar-refractivity contribution >= 4 is 17.8 Å². The van der Waals surface area contributed by atoms with E-state index in [2.05, 4.69) is 42.1 Å². The van der Waals surface area contributed by atoms with Gasteiger partial charge in [-0.3, -0.25) is 0 Å². The van der Waals surface area contributed by atoms with E-state index in [0.717, 1.165) is 19.3 Å². The van der Waals surface area contributed by atoms with E-state index in [4.69, 9.17) is 0 Å². The van der Waals surface area contributed by atoms with Crippen LogP contribution in [-0.2, 0) is 12.0 Å². The van der Waals surface area contributed by atoms with E-state index in [1.807, 2.05) is 0 Å². The molecule has 1 aromatic carbocycles. The number of fused-ring (bicyclic) bond motifs is 3. The summed E-state index contributed by atoms with van der Waals surface area (Å²) < 4.78 is 0. The zero-order valence-corrected chi connectivity index (χ0v) is 12.0. The molecule has 100 valence electrons. The molecule has 0 saturated carbocycles. The summed E-state index contributed by atoms with van der Waals surface area (Å²) >= 11 is 2.13. The minimum absolute atomic E-state index is 0.571. The molecule has 2 fully saturated rings. The summed E-state index contributed by atoms with van der Waals surface area (Å²) in [5.41, 5.74) is 3.33. The Kier molecular flexibility index (Phi) is 2.78. The molecule has 2 saturated heterocycles. The second kappa shape index (κ2) is 4.39. The van der Waals surface area contributed by atoms with Gasteiger partial charge < -0.3 is 5.11 Å². The van der Waals surface area contributed by atoms with Gasteiger partial charge in [-0.1, -0.05) is 36.8 Å². The fourth-order valence-corrected chi connectivity index (χ4v) is 5.96. The molecule has 19 heavy (non-hydrogen) atoms. The molecule has 4 rings (SSSR count). The van der Waals surface area contributed by atoms with Gasteiger partial charge in [0.1, 0.15) is 0 Å². The molecule has 1 N–H and O–H groups in total. The van der Waals surface area contributed by atoms with Crippen LogP contribution < -0.4 is 0 Å². The maximum atomic E-state index is 11.3. The Morgan fingerprint density at radius 3 is 2.74 bits per heavy atom. The van der Waals surface area contributed by atoms with E-state index in [9.17, 15) is 5.11 Å². The van der Waals surface area contributed by atoms with Crippen LogP contribution in [0.15, 0.2) is 24.3 Å². The Balaban J connectivity index is 1.74. The third-order valence-corrected chi connectivity index (χ3v) is 6.48. The molecule has 2 bridgehead atoms. The van der Waals surface area contributed by atoms with Crippen LogP contribution in [0.5, 0.6) is 0 Å². The van der Waals surface area contributed by atoms with E-state index in [1.165, 1.54) is 36.0 Å². The summed E-state index contributed by atoms with van der Waals surface area (Å²) in [7, 11) is 0. The zero-order valence-electron chi connectivity index (χ0n) is 11.1. The SMILES string of the molecule is OC1(c2cccc3c2CC=C3)CC2CCCC(C1)S2. The lowest BCUT2D eigenvalue weighted by Gasteiger charge is -2.44. The van der Waals surface area contributed by atoms with Crippen molar-refractivity contribution < 1.29 is 5.11 Å². The van der Waals surface area contributed by atoms with Crippen LogP contribution in [-0.4, -0.2) is 15.6 Å². The van der Waals surface area contributed by atoms with Gasteiger partial charge in [-0.2, -0.15) is 11.8 Å². The highest BCUT2D eigenvalue weighted by Crippen LogP contribution is 2.50. The lowest BCUT2D eigenvalue weighted by atomic mass is 9.78. The average Bonchev–Trinajstić information content (AvgIpc) is 2.85. The van der Waals surface area contributed by atoms with Crippen molar-refractivity contribution in [3.05, 3.63) is 41.0 Å². The first-order valence-corrected chi connectivity index (χ1v) is 8.36. The van der Waals surface area contributed by atoms with Crippen LogP contribution in [0.1, 0.15) is 48.8 Å². The number of aliphatic hydroxyl groups is 1. The Hall–Kier alpha value is -0.730. The summed E-state index contributed by atoms with van der Waals surface area (Å²) in [5.74, 6) is 0. The molecule has 1 aromatic rings. The quantitative estimate of drug-likeness (QED) is 0.837. The molecule has 0 amide bonds. The molecule has 3 aliphatic rings. The summed E-state index contributed by atoms with van der Waals surface area (Å²) in [4.78, 5) is 0. The van der Waals surface area contributed by atoms with Gasteiger partial charge in [-0.05, 0) is 48.8 Å². The van der Waals surface area contributed by atoms with Crippen molar-refractivity contribution in [2.75, 3.05) is 0 Å². The van der Waals surface area contributed by atoms with E-state index in [-0.39, 0.29) is 0 Å². The Morgan fingerprint density at radius 2 is 1.95 bits per heavy atom. The minimum Gasteiger partial charge on any atom is -0.385 e. The molecule has 0 aromatic heterocycles. The summed E-state index contributed by atoms with van der Waals surface area (Å²) in [6.45, 7) is 0. The van der Waals surface area contributed by atoms with Crippen molar-refractivity contribution in [2.45, 2.75) is 54.6 Å². The van der Waals surface area contributed by atoms with Gasteiger partial charge >= 0.3 is 0 Å². The van der Waals surface area contributed by atoms with E-state index in [0.29, 0.717) is 10.5 Å². The molecule has 1 nitrogen and oxygen atoms in total. The summed E-state index contributed by atoms with van der Waals surface area (Å²) in [5, 5.41) is 12.6. The third-order valence-electron chi connectivity index (χ3n) is 4.90. The van der Waals surface area contributed by atoms with Crippen molar-refractivity contribution in [1.82, 2.24) is 0 Å². The van der Waals surface area contributed by atoms with Crippen LogP contribution in [0.4, 0.5) is 0 Å². The highest BCUT2D eigenvalue weighted by atomic mass is 32.2. The fourth-order valence-electron chi connectivity index (χ4n) is 4.07. The number of hydrogen-bond donors (Lipinski definition) is 1. The highest BCUT2D eigenvalue weighted by Gasteiger charge is 2.43. The lowest BCUT2D eigenvalue weighted by Crippen LogP contribution is -2.41. The maximum absolute atomic E-state index is 11.3. The van der Waals surface area contributed by atoms with Crippen LogP contribution in [0.3, 0.4) is 0 Å². The number of benzene rings is 1. The molecule has 2 unspecified atom stereocenters. The largest absolute Gasteiger partial charge is 0.385 e. The summed E-state index contributed by atoms with van der Waals surface area (Å²) in [6, 6.07) is 6.45. The van der Waals surface area contributed by atoms with E-state index in [1.54, 1.807) is 0 Å². The minimum atomic E-state index is -0.571. The molecule has 2 heteroatoms. The van der Waals surface area contributed by atoms with Gasteiger partial charge in [0, 0.05) is 10.5 Å². The van der Waals surface area contributed by atoms with Crippen LogP contribution in [0.2, 0.25) is 0 Å². The Morgan fingerprint density at radius 1 is 1.16 bits per heavy atom. The predicted molar refractivity (Wildman–Crippen MR) is 81.3 cm³/mol. The van der Waals surface area contributed by atoms with E-state index < -0.39 is 5.60 Å². The first kappa shape index (κ1) is 12.0. The second-order valence-corrected chi connectivity index (χ2v) is 7.84. The topological polar surface area (TPSA) is 20.2 Å². The molecule has 1 aliphatic carbocycles. The molecular formula is C17H20OS. The van der Waals surface area contributed by atoms with Gasteiger partial charge in [-0.25, -0.2) is 0 Å². The lowest BCUT2D eigenvalue weighted by molar-refractivity contribution is 0.00745. The molecule has 2 atom stereocenters. The standard InChI is InChI=1S/C17H20OS/c18-17(10-13-6-3-7-14(11-17)19-13)16-9-2-5-12-4-1-8-15(12)16/h1-2,4-5,9,13-14,18H,3,6-8,10-11H2. The highest BCUT2D eigenvalue weighted by molar-refractivity contribution is 8.00. The maximum Gasteiger partial charge on any atom is 0.0920 e. The summed E-state index contributed by atoms with van der Waals surface area (Å²) in [6.07, 6.45) is 11.2. The molecule has 2 aliphatic heterocycles. The Bertz CT molecular complexity index is 522. The van der Waals surface area contributed by atoms with Crippen molar-refractivity contribution in [3.8, 4) is 0 Å². The molecule has 0 radical (unpaired) electrons. The number of allylic oxidation sites excluding steroid dienone is 1. The van der Waals surface area contributed by atoms with Crippen LogP contribution in [0.25, 0.3) is 6.08 Å². The first-order chi connectivity index (χ1) is 9.24. The predicted octanol–water partition coefficient (Wildman–Crippen LogP) is 3.89.